The molecule has 0 saturated carbocycles. The average molecular weight is 328 g/mol. The molecule has 2 heterocycles. The summed E-state index contributed by atoms with van der Waals surface area (Å²) in [4.78, 5) is 25.6. The number of hydrogen-bond donors (Lipinski definition) is 2. The van der Waals surface area contributed by atoms with Gasteiger partial charge in [0, 0.05) is 30.4 Å². The molecule has 1 fully saturated rings. The molecule has 1 saturated heterocycles. The number of thioether (sulfide) groups is 1. The number of halogens is 1. The molecule has 2 amide bonds. The number of hydrogen-bond acceptors (Lipinski definition) is 4. The summed E-state index contributed by atoms with van der Waals surface area (Å²) >= 11 is 1.72. The molecule has 0 aliphatic carbocycles. The van der Waals surface area contributed by atoms with Crippen LogP contribution in [-0.4, -0.2) is 42.6 Å². The highest BCUT2D eigenvalue weighted by Crippen LogP contribution is 2.27. The lowest BCUT2D eigenvalue weighted by Gasteiger charge is -2.18. The van der Waals surface area contributed by atoms with Gasteiger partial charge in [-0.3, -0.25) is 14.9 Å². The number of nitrogens with one attached hydrogen (secondary N) is 2. The van der Waals surface area contributed by atoms with E-state index in [9.17, 15) is 9.59 Å². The smallest absolute Gasteiger partial charge is 0.238 e. The third kappa shape index (κ3) is 3.51. The third-order valence-corrected chi connectivity index (χ3v) is 4.53. The van der Waals surface area contributed by atoms with Gasteiger partial charge < -0.3 is 10.2 Å². The Hall–Kier alpha value is -1.24. The van der Waals surface area contributed by atoms with Gasteiger partial charge in [0.25, 0.3) is 0 Å². The second kappa shape index (κ2) is 7.15. The number of nitrogens with zero attached hydrogens (tertiary/aromatic N) is 1. The summed E-state index contributed by atoms with van der Waals surface area (Å²) in [7, 11) is 0. The molecular weight excluding hydrogens is 310 g/mol. The highest BCUT2D eigenvalue weighted by atomic mass is 35.5. The monoisotopic (exact) mass is 327 g/mol. The van der Waals surface area contributed by atoms with Gasteiger partial charge in [-0.1, -0.05) is 18.2 Å². The van der Waals surface area contributed by atoms with Crippen molar-refractivity contribution in [1.82, 2.24) is 10.6 Å². The largest absolute Gasteiger partial charge is 0.353 e. The molecule has 0 radical (unpaired) electrons. The van der Waals surface area contributed by atoms with Gasteiger partial charge in [-0.15, -0.1) is 24.2 Å². The van der Waals surface area contributed by atoms with Crippen molar-refractivity contribution < 1.29 is 9.59 Å². The van der Waals surface area contributed by atoms with Gasteiger partial charge in [0.2, 0.25) is 11.8 Å². The molecule has 21 heavy (non-hydrogen) atoms. The molecule has 1 aromatic rings. The minimum atomic E-state index is -0.0958. The van der Waals surface area contributed by atoms with Gasteiger partial charge in [-0.25, -0.2) is 0 Å². The van der Waals surface area contributed by atoms with Crippen LogP contribution in [0.15, 0.2) is 24.3 Å². The van der Waals surface area contributed by atoms with Gasteiger partial charge in [0.05, 0.1) is 12.5 Å². The molecule has 0 spiro atoms. The molecule has 7 heteroatoms. The second-order valence-corrected chi connectivity index (χ2v) is 5.94. The number of rotatable bonds is 4. The standard InChI is InChI=1S/C14H17N3O2S.ClH/c18-13-7-10-3-1-2-4-12(10)17(13)6-5-15-14(19)11-8-20-9-16-11;/h1-4,11,16H,5-9H2,(H,15,19);1H. The van der Waals surface area contributed by atoms with Crippen molar-refractivity contribution in [1.29, 1.82) is 0 Å². The van der Waals surface area contributed by atoms with Gasteiger partial charge in [0.1, 0.15) is 0 Å². The number of anilines is 1. The number of fused-ring (bicyclic) bond motifs is 1. The van der Waals surface area contributed by atoms with Crippen LogP contribution in [0.3, 0.4) is 0 Å². The zero-order valence-electron chi connectivity index (χ0n) is 11.5. The minimum Gasteiger partial charge on any atom is -0.353 e. The van der Waals surface area contributed by atoms with Crippen molar-refractivity contribution in [3.05, 3.63) is 29.8 Å². The van der Waals surface area contributed by atoms with Crippen LogP contribution in [0.1, 0.15) is 5.56 Å². The molecule has 1 unspecified atom stereocenters. The summed E-state index contributed by atoms with van der Waals surface area (Å²) in [5, 5.41) is 6.02. The quantitative estimate of drug-likeness (QED) is 0.858. The zero-order chi connectivity index (χ0) is 13.9. The molecule has 1 atom stereocenters. The number of benzene rings is 1. The predicted molar refractivity (Wildman–Crippen MR) is 87.0 cm³/mol. The van der Waals surface area contributed by atoms with Crippen molar-refractivity contribution in [2.45, 2.75) is 12.5 Å². The van der Waals surface area contributed by atoms with Crippen LogP contribution in [0.4, 0.5) is 5.69 Å². The fraction of sp³-hybridized carbons (Fsp3) is 0.429. The van der Waals surface area contributed by atoms with Gasteiger partial charge >= 0.3 is 0 Å². The van der Waals surface area contributed by atoms with E-state index >= 15 is 0 Å². The Kier molecular flexibility index (Phi) is 5.50. The van der Waals surface area contributed by atoms with Crippen LogP contribution in [0.2, 0.25) is 0 Å². The molecule has 2 aliphatic heterocycles. The lowest BCUT2D eigenvalue weighted by Crippen LogP contribution is -2.45. The van der Waals surface area contributed by atoms with Crippen LogP contribution in [0.25, 0.3) is 0 Å². The third-order valence-electron chi connectivity index (χ3n) is 3.59. The van der Waals surface area contributed by atoms with E-state index in [1.165, 1.54) is 0 Å². The summed E-state index contributed by atoms with van der Waals surface area (Å²) < 4.78 is 0. The molecule has 0 bridgehead atoms. The summed E-state index contributed by atoms with van der Waals surface area (Å²) in [5.74, 6) is 1.78. The Morgan fingerprint density at radius 3 is 3.00 bits per heavy atom. The van der Waals surface area contributed by atoms with Crippen LogP contribution in [-0.2, 0) is 16.0 Å². The summed E-state index contributed by atoms with van der Waals surface area (Å²) in [6.45, 7) is 1.02. The van der Waals surface area contributed by atoms with Crippen molar-refractivity contribution in [2.24, 2.45) is 0 Å². The fourth-order valence-electron chi connectivity index (χ4n) is 2.54. The van der Waals surface area contributed by atoms with E-state index in [1.807, 2.05) is 24.3 Å². The number of para-hydroxylation sites is 1. The van der Waals surface area contributed by atoms with Gasteiger partial charge in [-0.2, -0.15) is 0 Å². The first-order valence-corrected chi connectivity index (χ1v) is 7.88. The van der Waals surface area contributed by atoms with E-state index < -0.39 is 0 Å². The van der Waals surface area contributed by atoms with Crippen molar-refractivity contribution in [3.63, 3.8) is 0 Å². The maximum absolute atomic E-state index is 12.0. The van der Waals surface area contributed by atoms with E-state index in [2.05, 4.69) is 10.6 Å². The topological polar surface area (TPSA) is 61.4 Å². The van der Waals surface area contributed by atoms with E-state index in [4.69, 9.17) is 0 Å². The molecule has 2 N–H and O–H groups in total. The molecular formula is C14H18ClN3O2S. The molecule has 0 aromatic heterocycles. The number of carbonyl (C=O) groups excluding carboxylic acids is 2. The van der Waals surface area contributed by atoms with E-state index in [1.54, 1.807) is 16.7 Å². The predicted octanol–water partition coefficient (Wildman–Crippen LogP) is 0.776. The maximum Gasteiger partial charge on any atom is 0.238 e. The minimum absolute atomic E-state index is 0. The van der Waals surface area contributed by atoms with E-state index in [-0.39, 0.29) is 30.3 Å². The zero-order valence-corrected chi connectivity index (χ0v) is 13.1. The highest BCUT2D eigenvalue weighted by Gasteiger charge is 2.27. The normalized spacial score (nSPS) is 20.1. The Labute approximate surface area is 134 Å². The van der Waals surface area contributed by atoms with Crippen molar-refractivity contribution >= 4 is 41.7 Å². The van der Waals surface area contributed by atoms with Crippen LogP contribution >= 0.6 is 24.2 Å². The Balaban J connectivity index is 0.00000161. The van der Waals surface area contributed by atoms with Gasteiger partial charge in [-0.05, 0) is 11.6 Å². The fourth-order valence-corrected chi connectivity index (χ4v) is 3.48. The van der Waals surface area contributed by atoms with Gasteiger partial charge in [0.15, 0.2) is 0 Å². The summed E-state index contributed by atoms with van der Waals surface area (Å²) in [5.41, 5.74) is 2.04. The molecule has 3 rings (SSSR count). The lowest BCUT2D eigenvalue weighted by molar-refractivity contribution is -0.122. The Morgan fingerprint density at radius 2 is 2.24 bits per heavy atom. The Bertz CT molecular complexity index is 535. The van der Waals surface area contributed by atoms with E-state index in [0.717, 1.165) is 22.9 Å². The number of amides is 2. The van der Waals surface area contributed by atoms with Crippen LogP contribution < -0.4 is 15.5 Å². The van der Waals surface area contributed by atoms with Crippen molar-refractivity contribution in [2.75, 3.05) is 29.6 Å². The van der Waals surface area contributed by atoms with Crippen LogP contribution in [0, 0.1) is 0 Å². The van der Waals surface area contributed by atoms with E-state index in [0.29, 0.717) is 19.5 Å². The first kappa shape index (κ1) is 16.1. The molecule has 1 aromatic carbocycles. The highest BCUT2D eigenvalue weighted by molar-refractivity contribution is 7.99. The first-order valence-electron chi connectivity index (χ1n) is 6.73. The lowest BCUT2D eigenvalue weighted by atomic mass is 10.2. The second-order valence-electron chi connectivity index (χ2n) is 4.91. The maximum atomic E-state index is 12.0. The molecule has 114 valence electrons. The van der Waals surface area contributed by atoms with Crippen LogP contribution in [0.5, 0.6) is 0 Å². The van der Waals surface area contributed by atoms with Crippen molar-refractivity contribution in [3.8, 4) is 0 Å². The summed E-state index contributed by atoms with van der Waals surface area (Å²) in [6.07, 6.45) is 0.463. The molecule has 5 nitrogen and oxygen atoms in total. The first-order chi connectivity index (χ1) is 9.75. The SMILES string of the molecule is Cl.O=C(NCCN1C(=O)Cc2ccccc21)C1CSCN1. The summed E-state index contributed by atoms with van der Waals surface area (Å²) in [6, 6.07) is 7.72. The molecule has 2 aliphatic rings. The Morgan fingerprint density at radius 1 is 1.43 bits per heavy atom. The average Bonchev–Trinajstić information content (AvgIpc) is 3.07. The number of carbonyl (C=O) groups is 2.